The summed E-state index contributed by atoms with van der Waals surface area (Å²) in [7, 11) is 0. The van der Waals surface area contributed by atoms with Gasteiger partial charge in [0.2, 0.25) is 0 Å². The SMILES string of the molecule is CCOc1cc(/C=C(\C#N)C(=O)Nc2cccc(Cl)c2)ccc1OC(=O)c1ccc(Cl)cc1. The van der Waals surface area contributed by atoms with Crippen LogP contribution in [-0.2, 0) is 4.79 Å². The van der Waals surface area contributed by atoms with Crippen molar-refractivity contribution in [2.45, 2.75) is 6.92 Å². The minimum atomic E-state index is -0.587. The molecule has 166 valence electrons. The van der Waals surface area contributed by atoms with Crippen LogP contribution in [0, 0.1) is 11.3 Å². The van der Waals surface area contributed by atoms with Gasteiger partial charge in [-0.05, 0) is 73.2 Å². The van der Waals surface area contributed by atoms with Crippen LogP contribution in [0.15, 0.2) is 72.3 Å². The van der Waals surface area contributed by atoms with Crippen LogP contribution >= 0.6 is 23.2 Å². The van der Waals surface area contributed by atoms with Crippen molar-refractivity contribution in [2.24, 2.45) is 0 Å². The molecule has 8 heteroatoms. The fourth-order valence-corrected chi connectivity index (χ4v) is 3.11. The molecule has 6 nitrogen and oxygen atoms in total. The van der Waals surface area contributed by atoms with Gasteiger partial charge in [-0.1, -0.05) is 35.3 Å². The zero-order valence-corrected chi connectivity index (χ0v) is 19.0. The van der Waals surface area contributed by atoms with Crippen LogP contribution in [0.25, 0.3) is 6.08 Å². The van der Waals surface area contributed by atoms with E-state index in [-0.39, 0.29) is 11.3 Å². The lowest BCUT2D eigenvalue weighted by molar-refractivity contribution is -0.112. The summed E-state index contributed by atoms with van der Waals surface area (Å²) in [5, 5.41) is 13.1. The number of hydrogen-bond donors (Lipinski definition) is 1. The average Bonchev–Trinajstić information content (AvgIpc) is 2.79. The van der Waals surface area contributed by atoms with E-state index < -0.39 is 11.9 Å². The first kappa shape index (κ1) is 23.9. The zero-order chi connectivity index (χ0) is 23.8. The third-order valence-corrected chi connectivity index (χ3v) is 4.80. The van der Waals surface area contributed by atoms with Crippen molar-refractivity contribution >= 4 is 46.8 Å². The summed E-state index contributed by atoms with van der Waals surface area (Å²) >= 11 is 11.8. The van der Waals surface area contributed by atoms with Gasteiger partial charge in [0.05, 0.1) is 12.2 Å². The molecule has 0 radical (unpaired) electrons. The standard InChI is InChI=1S/C25H18Cl2N2O4/c1-2-32-23-13-16(6-11-22(23)33-25(31)17-7-9-19(26)10-8-17)12-18(15-28)24(30)29-21-5-3-4-20(27)14-21/h3-14H,2H2,1H3,(H,29,30)/b18-12+. The number of anilines is 1. The lowest BCUT2D eigenvalue weighted by Gasteiger charge is -2.12. The van der Waals surface area contributed by atoms with Crippen LogP contribution in [0.3, 0.4) is 0 Å². The highest BCUT2D eigenvalue weighted by Gasteiger charge is 2.15. The maximum Gasteiger partial charge on any atom is 0.343 e. The highest BCUT2D eigenvalue weighted by atomic mass is 35.5. The number of hydrogen-bond acceptors (Lipinski definition) is 5. The summed E-state index contributed by atoms with van der Waals surface area (Å²) in [5.41, 5.74) is 1.19. The van der Waals surface area contributed by atoms with Crippen molar-refractivity contribution in [3.8, 4) is 17.6 Å². The van der Waals surface area contributed by atoms with Gasteiger partial charge in [-0.3, -0.25) is 4.79 Å². The second-order valence-corrected chi connectivity index (χ2v) is 7.54. The summed E-state index contributed by atoms with van der Waals surface area (Å²) in [5.74, 6) is -0.664. The van der Waals surface area contributed by atoms with E-state index in [1.807, 2.05) is 6.07 Å². The van der Waals surface area contributed by atoms with Gasteiger partial charge in [-0.25, -0.2) is 4.79 Å². The first-order chi connectivity index (χ1) is 15.9. The Balaban J connectivity index is 1.82. The largest absolute Gasteiger partial charge is 0.490 e. The molecular formula is C25H18Cl2N2O4. The van der Waals surface area contributed by atoms with E-state index in [2.05, 4.69) is 5.32 Å². The highest BCUT2D eigenvalue weighted by Crippen LogP contribution is 2.30. The summed E-state index contributed by atoms with van der Waals surface area (Å²) in [6, 6.07) is 19.5. The van der Waals surface area contributed by atoms with Gasteiger partial charge in [0.1, 0.15) is 11.6 Å². The van der Waals surface area contributed by atoms with Crippen LogP contribution in [-0.4, -0.2) is 18.5 Å². The minimum absolute atomic E-state index is 0.122. The third-order valence-electron chi connectivity index (χ3n) is 4.31. The van der Waals surface area contributed by atoms with Crippen LogP contribution < -0.4 is 14.8 Å². The molecule has 0 aromatic heterocycles. The number of rotatable bonds is 7. The summed E-state index contributed by atoms with van der Waals surface area (Å²) < 4.78 is 11.1. The predicted octanol–water partition coefficient (Wildman–Crippen LogP) is 6.16. The molecule has 0 aliphatic heterocycles. The smallest absolute Gasteiger partial charge is 0.343 e. The minimum Gasteiger partial charge on any atom is -0.490 e. The Bertz CT molecular complexity index is 1250. The second kappa shape index (κ2) is 11.2. The molecule has 1 amide bonds. The molecule has 0 spiro atoms. The molecule has 0 heterocycles. The van der Waals surface area contributed by atoms with Gasteiger partial charge in [0.15, 0.2) is 11.5 Å². The fourth-order valence-electron chi connectivity index (χ4n) is 2.79. The fraction of sp³-hybridized carbons (Fsp3) is 0.0800. The van der Waals surface area contributed by atoms with Crippen LogP contribution in [0.5, 0.6) is 11.5 Å². The lowest BCUT2D eigenvalue weighted by atomic mass is 10.1. The average molecular weight is 481 g/mol. The van der Waals surface area contributed by atoms with E-state index in [4.69, 9.17) is 32.7 Å². The molecule has 0 aliphatic rings. The van der Waals surface area contributed by atoms with E-state index in [1.54, 1.807) is 67.6 Å². The number of nitrogens with one attached hydrogen (secondary N) is 1. The van der Waals surface area contributed by atoms with Gasteiger partial charge in [0, 0.05) is 15.7 Å². The number of nitriles is 1. The summed E-state index contributed by atoms with van der Waals surface area (Å²) in [4.78, 5) is 24.9. The zero-order valence-electron chi connectivity index (χ0n) is 17.5. The third kappa shape index (κ3) is 6.59. The van der Waals surface area contributed by atoms with Crippen molar-refractivity contribution in [3.63, 3.8) is 0 Å². The molecule has 3 aromatic rings. The monoisotopic (exact) mass is 480 g/mol. The number of benzene rings is 3. The van der Waals surface area contributed by atoms with E-state index >= 15 is 0 Å². The molecular weight excluding hydrogens is 463 g/mol. The first-order valence-corrected chi connectivity index (χ1v) is 10.6. The topological polar surface area (TPSA) is 88.4 Å². The highest BCUT2D eigenvalue weighted by molar-refractivity contribution is 6.31. The van der Waals surface area contributed by atoms with Crippen LogP contribution in [0.4, 0.5) is 5.69 Å². The van der Waals surface area contributed by atoms with Gasteiger partial charge < -0.3 is 14.8 Å². The van der Waals surface area contributed by atoms with Gasteiger partial charge in [-0.2, -0.15) is 5.26 Å². The first-order valence-electron chi connectivity index (χ1n) is 9.83. The molecule has 0 atom stereocenters. The Kier molecular flexibility index (Phi) is 8.09. The number of amides is 1. The number of halogens is 2. The molecule has 0 bridgehead atoms. The van der Waals surface area contributed by atoms with Gasteiger partial charge in [-0.15, -0.1) is 0 Å². The summed E-state index contributed by atoms with van der Waals surface area (Å²) in [6.45, 7) is 2.10. The Labute approximate surface area is 201 Å². The van der Waals surface area contributed by atoms with Gasteiger partial charge >= 0.3 is 5.97 Å². The van der Waals surface area contributed by atoms with Gasteiger partial charge in [0.25, 0.3) is 5.91 Å². The second-order valence-electron chi connectivity index (χ2n) is 6.67. The number of esters is 1. The molecule has 0 unspecified atom stereocenters. The number of ether oxygens (including phenoxy) is 2. The van der Waals surface area contributed by atoms with Crippen LogP contribution in [0.2, 0.25) is 10.0 Å². The molecule has 0 saturated heterocycles. The predicted molar refractivity (Wildman–Crippen MR) is 128 cm³/mol. The van der Waals surface area contributed by atoms with Crippen molar-refractivity contribution in [1.82, 2.24) is 0 Å². The Hall–Kier alpha value is -3.79. The Morgan fingerprint density at radius 3 is 2.42 bits per heavy atom. The number of carbonyl (C=O) groups excluding carboxylic acids is 2. The quantitative estimate of drug-likeness (QED) is 0.189. The van der Waals surface area contributed by atoms with E-state index in [1.165, 1.54) is 12.1 Å². The van der Waals surface area contributed by atoms with Crippen molar-refractivity contribution in [1.29, 1.82) is 5.26 Å². The molecule has 33 heavy (non-hydrogen) atoms. The van der Waals surface area contributed by atoms with Crippen LogP contribution in [0.1, 0.15) is 22.8 Å². The van der Waals surface area contributed by atoms with Crippen molar-refractivity contribution in [3.05, 3.63) is 93.5 Å². The molecule has 0 fully saturated rings. The van der Waals surface area contributed by atoms with Crippen molar-refractivity contribution < 1.29 is 19.1 Å². The molecule has 0 aliphatic carbocycles. The molecule has 3 rings (SSSR count). The Morgan fingerprint density at radius 1 is 1.00 bits per heavy atom. The lowest BCUT2D eigenvalue weighted by Crippen LogP contribution is -2.13. The molecule has 1 N–H and O–H groups in total. The van der Waals surface area contributed by atoms with E-state index in [9.17, 15) is 14.9 Å². The summed E-state index contributed by atoms with van der Waals surface area (Å²) in [6.07, 6.45) is 1.41. The van der Waals surface area contributed by atoms with E-state index in [0.717, 1.165) is 0 Å². The number of carbonyl (C=O) groups is 2. The molecule has 0 saturated carbocycles. The maximum atomic E-state index is 12.5. The molecule has 3 aromatic carbocycles. The normalized spacial score (nSPS) is 10.8. The van der Waals surface area contributed by atoms with E-state index in [0.29, 0.717) is 39.2 Å². The Morgan fingerprint density at radius 2 is 1.76 bits per heavy atom. The number of nitrogens with zero attached hydrogens (tertiary/aromatic N) is 1. The maximum absolute atomic E-state index is 12.5. The van der Waals surface area contributed by atoms with Crippen molar-refractivity contribution in [2.75, 3.05) is 11.9 Å².